The monoisotopic (exact) mass is 269 g/mol. The van der Waals surface area contributed by atoms with Crippen molar-refractivity contribution in [1.29, 1.82) is 0 Å². The molecular formula is C16H15NO3. The number of hydrogen-bond acceptors (Lipinski definition) is 3. The quantitative estimate of drug-likeness (QED) is 0.788. The van der Waals surface area contributed by atoms with Crippen LogP contribution >= 0.6 is 0 Å². The van der Waals surface area contributed by atoms with E-state index in [9.17, 15) is 9.59 Å². The highest BCUT2D eigenvalue weighted by Crippen LogP contribution is 2.36. The number of fused-ring (bicyclic) bond motifs is 1. The lowest BCUT2D eigenvalue weighted by Crippen LogP contribution is -2.27. The average Bonchev–Trinajstić information content (AvgIpc) is 2.93. The van der Waals surface area contributed by atoms with Gasteiger partial charge >= 0.3 is 5.97 Å². The second-order valence-corrected chi connectivity index (χ2v) is 4.86. The third-order valence-electron chi connectivity index (χ3n) is 3.74. The molecule has 0 radical (unpaired) electrons. The number of esters is 1. The van der Waals surface area contributed by atoms with E-state index in [0.717, 1.165) is 16.8 Å². The van der Waals surface area contributed by atoms with Crippen LogP contribution in [0, 0.1) is 0 Å². The van der Waals surface area contributed by atoms with Crippen LogP contribution in [0.5, 0.6) is 0 Å². The zero-order valence-corrected chi connectivity index (χ0v) is 11.2. The predicted octanol–water partition coefficient (Wildman–Crippen LogP) is 2.85. The zero-order valence-electron chi connectivity index (χ0n) is 11.2. The molecule has 0 fully saturated rings. The van der Waals surface area contributed by atoms with E-state index in [1.165, 1.54) is 7.11 Å². The Bertz CT molecular complexity index is 658. The van der Waals surface area contributed by atoms with E-state index in [4.69, 9.17) is 4.74 Å². The molecule has 1 atom stereocenters. The highest BCUT2D eigenvalue weighted by Gasteiger charge is 2.33. The Labute approximate surface area is 117 Å². The molecule has 1 aromatic carbocycles. The molecule has 20 heavy (non-hydrogen) atoms. The zero-order chi connectivity index (χ0) is 14.1. The highest BCUT2D eigenvalue weighted by molar-refractivity contribution is 5.90. The summed E-state index contributed by atoms with van der Waals surface area (Å²) in [6.07, 6.45) is 2.63. The molecule has 1 unspecified atom stereocenters. The van der Waals surface area contributed by atoms with Gasteiger partial charge in [0.1, 0.15) is 0 Å². The molecule has 1 aliphatic rings. The van der Waals surface area contributed by atoms with Gasteiger partial charge in [-0.2, -0.15) is 0 Å². The molecule has 2 heterocycles. The molecule has 2 aromatic rings. The third-order valence-corrected chi connectivity index (χ3v) is 3.74. The van der Waals surface area contributed by atoms with Gasteiger partial charge in [-0.15, -0.1) is 0 Å². The Hall–Kier alpha value is -2.36. The fraction of sp³-hybridized carbons (Fsp3) is 0.250. The molecule has 1 aliphatic heterocycles. The van der Waals surface area contributed by atoms with Gasteiger partial charge in [0, 0.05) is 23.9 Å². The summed E-state index contributed by atoms with van der Waals surface area (Å²) in [5, 5.41) is 0. The van der Waals surface area contributed by atoms with E-state index in [1.54, 1.807) is 10.8 Å². The molecule has 0 saturated carbocycles. The highest BCUT2D eigenvalue weighted by atomic mass is 16.5. The van der Waals surface area contributed by atoms with Gasteiger partial charge in [-0.1, -0.05) is 30.3 Å². The van der Waals surface area contributed by atoms with Crippen LogP contribution < -0.4 is 0 Å². The number of rotatable bonds is 2. The third kappa shape index (κ3) is 1.93. The maximum absolute atomic E-state index is 12.0. The van der Waals surface area contributed by atoms with E-state index in [0.29, 0.717) is 12.8 Å². The van der Waals surface area contributed by atoms with Crippen LogP contribution in [0.4, 0.5) is 0 Å². The number of carbonyl (C=O) groups is 2. The number of aromatic nitrogens is 1. The van der Waals surface area contributed by atoms with Gasteiger partial charge in [0.15, 0.2) is 0 Å². The van der Waals surface area contributed by atoms with Gasteiger partial charge in [0.05, 0.1) is 13.0 Å². The Balaban J connectivity index is 2.15. The summed E-state index contributed by atoms with van der Waals surface area (Å²) in [5.41, 5.74) is 2.68. The van der Waals surface area contributed by atoms with E-state index >= 15 is 0 Å². The van der Waals surface area contributed by atoms with Crippen molar-refractivity contribution in [3.8, 4) is 11.1 Å². The summed E-state index contributed by atoms with van der Waals surface area (Å²) in [7, 11) is 1.38. The largest absolute Gasteiger partial charge is 0.469 e. The van der Waals surface area contributed by atoms with Crippen LogP contribution in [0.15, 0.2) is 42.6 Å². The lowest BCUT2D eigenvalue weighted by Gasteiger charge is -2.23. The van der Waals surface area contributed by atoms with Crippen molar-refractivity contribution in [2.24, 2.45) is 0 Å². The summed E-state index contributed by atoms with van der Waals surface area (Å²) in [4.78, 5) is 24.0. The van der Waals surface area contributed by atoms with Crippen LogP contribution in [0.2, 0.25) is 0 Å². The minimum absolute atomic E-state index is 0.0299. The van der Waals surface area contributed by atoms with Gasteiger partial charge in [-0.25, -0.2) is 0 Å². The molecule has 0 N–H and O–H groups in total. The normalized spacial score (nSPS) is 17.6. The Morgan fingerprint density at radius 1 is 1.25 bits per heavy atom. The molecule has 3 rings (SSSR count). The molecule has 0 bridgehead atoms. The number of methoxy groups -OCH3 is 1. The standard InChI is InChI=1S/C16H15NO3/c1-20-16(19)13-7-8-14(18)17-10-9-12(15(13)17)11-5-3-2-4-6-11/h2-6,9-10,13H,7-8H2,1H3. The molecular weight excluding hydrogens is 254 g/mol. The molecule has 0 aliphatic carbocycles. The van der Waals surface area contributed by atoms with E-state index in [-0.39, 0.29) is 17.8 Å². The molecule has 1 aromatic heterocycles. The number of ether oxygens (including phenoxy) is 1. The summed E-state index contributed by atoms with van der Waals surface area (Å²) < 4.78 is 6.47. The predicted molar refractivity (Wildman–Crippen MR) is 74.5 cm³/mol. The van der Waals surface area contributed by atoms with Crippen molar-refractivity contribution < 1.29 is 14.3 Å². The van der Waals surface area contributed by atoms with E-state index < -0.39 is 0 Å². The van der Waals surface area contributed by atoms with Crippen molar-refractivity contribution in [1.82, 2.24) is 4.57 Å². The van der Waals surface area contributed by atoms with Crippen molar-refractivity contribution in [3.63, 3.8) is 0 Å². The van der Waals surface area contributed by atoms with Gasteiger partial charge in [-0.05, 0) is 18.1 Å². The fourth-order valence-electron chi connectivity index (χ4n) is 2.78. The van der Waals surface area contributed by atoms with Crippen LogP contribution in [0.3, 0.4) is 0 Å². The second-order valence-electron chi connectivity index (χ2n) is 4.86. The molecule has 102 valence electrons. The maximum atomic E-state index is 12.0. The summed E-state index contributed by atoms with van der Waals surface area (Å²) in [6, 6.07) is 11.7. The van der Waals surface area contributed by atoms with Gasteiger partial charge < -0.3 is 4.74 Å². The van der Waals surface area contributed by atoms with Crippen molar-refractivity contribution in [2.75, 3.05) is 7.11 Å². The summed E-state index contributed by atoms with van der Waals surface area (Å²) in [5.74, 6) is -0.625. The lowest BCUT2D eigenvalue weighted by molar-refractivity contribution is -0.142. The van der Waals surface area contributed by atoms with E-state index in [1.807, 2.05) is 36.4 Å². The number of carbonyl (C=O) groups excluding carboxylic acids is 2. The fourth-order valence-corrected chi connectivity index (χ4v) is 2.78. The van der Waals surface area contributed by atoms with E-state index in [2.05, 4.69) is 0 Å². The molecule has 0 spiro atoms. The average molecular weight is 269 g/mol. The summed E-state index contributed by atoms with van der Waals surface area (Å²) in [6.45, 7) is 0. The van der Waals surface area contributed by atoms with Crippen LogP contribution in [0.25, 0.3) is 11.1 Å². The van der Waals surface area contributed by atoms with Crippen LogP contribution in [-0.2, 0) is 9.53 Å². The number of nitrogens with zero attached hydrogens (tertiary/aromatic N) is 1. The first-order valence-corrected chi connectivity index (χ1v) is 6.60. The lowest BCUT2D eigenvalue weighted by atomic mass is 9.91. The van der Waals surface area contributed by atoms with Gasteiger partial charge in [0.25, 0.3) is 0 Å². The van der Waals surface area contributed by atoms with Crippen LogP contribution in [-0.4, -0.2) is 23.6 Å². The molecule has 0 amide bonds. The first-order valence-electron chi connectivity index (χ1n) is 6.60. The molecule has 4 heteroatoms. The second kappa shape index (κ2) is 4.96. The van der Waals surface area contributed by atoms with Crippen molar-refractivity contribution in [3.05, 3.63) is 48.3 Å². The first kappa shape index (κ1) is 12.7. The Morgan fingerprint density at radius 3 is 2.70 bits per heavy atom. The van der Waals surface area contributed by atoms with Gasteiger partial charge in [-0.3, -0.25) is 14.2 Å². The Morgan fingerprint density at radius 2 is 2.00 bits per heavy atom. The number of benzene rings is 1. The first-order chi connectivity index (χ1) is 9.72. The number of hydrogen-bond donors (Lipinski definition) is 0. The summed E-state index contributed by atoms with van der Waals surface area (Å²) >= 11 is 0. The maximum Gasteiger partial charge on any atom is 0.314 e. The molecule has 4 nitrogen and oxygen atoms in total. The topological polar surface area (TPSA) is 48.3 Å². The van der Waals surface area contributed by atoms with Crippen molar-refractivity contribution >= 4 is 11.9 Å². The van der Waals surface area contributed by atoms with Crippen LogP contribution in [0.1, 0.15) is 29.2 Å². The molecule has 0 saturated heterocycles. The van der Waals surface area contributed by atoms with Crippen molar-refractivity contribution in [2.45, 2.75) is 18.8 Å². The van der Waals surface area contributed by atoms with Gasteiger partial charge in [0.2, 0.25) is 5.91 Å². The smallest absolute Gasteiger partial charge is 0.314 e. The Kier molecular flexibility index (Phi) is 3.14. The SMILES string of the molecule is COC(=O)C1CCC(=O)n2ccc(-c3ccccc3)c21. The minimum atomic E-state index is -0.372. The minimum Gasteiger partial charge on any atom is -0.469 e.